The molecule has 4 aromatic rings. The molecular formula is C29H26ClFN4O3S. The Morgan fingerprint density at radius 2 is 2.08 bits per heavy atom. The van der Waals surface area contributed by atoms with E-state index in [1.54, 1.807) is 37.0 Å². The number of ether oxygens (including phenoxy) is 2. The van der Waals surface area contributed by atoms with Crippen molar-refractivity contribution in [2.75, 3.05) is 12.4 Å². The zero-order valence-electron chi connectivity index (χ0n) is 21.2. The van der Waals surface area contributed by atoms with Gasteiger partial charge in [0.2, 0.25) is 0 Å². The summed E-state index contributed by atoms with van der Waals surface area (Å²) in [6.45, 7) is 2.20. The van der Waals surface area contributed by atoms with Gasteiger partial charge in [-0.15, -0.1) is 11.8 Å². The van der Waals surface area contributed by atoms with Gasteiger partial charge in [0.15, 0.2) is 6.04 Å². The molecule has 0 radical (unpaired) electrons. The van der Waals surface area contributed by atoms with Gasteiger partial charge in [-0.05, 0) is 72.9 Å². The lowest BCUT2D eigenvalue weighted by Gasteiger charge is -2.21. The first-order chi connectivity index (χ1) is 19.0. The lowest BCUT2D eigenvalue weighted by atomic mass is 10.0. The number of hydrogen-bond acceptors (Lipinski definition) is 8. The molecule has 1 N–H and O–H groups in total. The Morgan fingerprint density at radius 1 is 1.21 bits per heavy atom. The third-order valence-corrected chi connectivity index (χ3v) is 8.19. The van der Waals surface area contributed by atoms with Crippen LogP contribution in [-0.4, -0.2) is 34.3 Å². The van der Waals surface area contributed by atoms with E-state index in [0.29, 0.717) is 28.1 Å². The highest BCUT2D eigenvalue weighted by atomic mass is 35.5. The SMILES string of the molecule is CCOC(=O)C(CSC1c2cc(OCc3ccc4cc(F)c(Cl)cc4n3)ccc2CCc2ncccc21)N=N. The fourth-order valence-electron chi connectivity index (χ4n) is 4.61. The Labute approximate surface area is 234 Å². The van der Waals surface area contributed by atoms with Crippen molar-refractivity contribution < 1.29 is 18.7 Å². The number of benzene rings is 2. The van der Waals surface area contributed by atoms with Gasteiger partial charge >= 0.3 is 5.97 Å². The van der Waals surface area contributed by atoms with Crippen LogP contribution in [0.3, 0.4) is 0 Å². The van der Waals surface area contributed by atoms with E-state index < -0.39 is 17.8 Å². The maximum atomic E-state index is 13.8. The summed E-state index contributed by atoms with van der Waals surface area (Å²) < 4.78 is 25.0. The summed E-state index contributed by atoms with van der Waals surface area (Å²) in [5.41, 5.74) is 13.1. The smallest absolute Gasteiger partial charge is 0.333 e. The van der Waals surface area contributed by atoms with Crippen molar-refractivity contribution in [2.24, 2.45) is 5.11 Å². The number of rotatable bonds is 9. The van der Waals surface area contributed by atoms with Crippen molar-refractivity contribution in [3.8, 4) is 5.75 Å². The summed E-state index contributed by atoms with van der Waals surface area (Å²) >= 11 is 7.48. The molecule has 5 rings (SSSR count). The van der Waals surface area contributed by atoms with Gasteiger partial charge < -0.3 is 9.47 Å². The van der Waals surface area contributed by atoms with Crippen molar-refractivity contribution in [1.82, 2.24) is 9.97 Å². The number of nitrogens with zero attached hydrogens (tertiary/aromatic N) is 3. The molecular weight excluding hydrogens is 539 g/mol. The average molecular weight is 565 g/mol. The topological polar surface area (TPSA) is 97.5 Å². The fourth-order valence-corrected chi connectivity index (χ4v) is 6.15. The summed E-state index contributed by atoms with van der Waals surface area (Å²) in [4.78, 5) is 21.5. The first kappa shape index (κ1) is 27.0. The highest BCUT2D eigenvalue weighted by Crippen LogP contribution is 2.43. The van der Waals surface area contributed by atoms with E-state index in [-0.39, 0.29) is 23.5 Å². The minimum atomic E-state index is -0.873. The molecule has 2 aromatic heterocycles. The van der Waals surface area contributed by atoms with Gasteiger partial charge in [0, 0.05) is 23.0 Å². The first-order valence-corrected chi connectivity index (χ1v) is 14.0. The van der Waals surface area contributed by atoms with Gasteiger partial charge in [0.1, 0.15) is 18.2 Å². The van der Waals surface area contributed by atoms with Crippen LogP contribution in [0.25, 0.3) is 10.9 Å². The number of carbonyl (C=O) groups is 1. The summed E-state index contributed by atoms with van der Waals surface area (Å²) in [5.74, 6) is 0.00644. The molecule has 39 heavy (non-hydrogen) atoms. The second kappa shape index (κ2) is 12.1. The van der Waals surface area contributed by atoms with Crippen LogP contribution in [-0.2, 0) is 29.0 Å². The molecule has 7 nitrogen and oxygen atoms in total. The van der Waals surface area contributed by atoms with Gasteiger partial charge in [-0.2, -0.15) is 5.11 Å². The van der Waals surface area contributed by atoms with Crippen LogP contribution < -0.4 is 4.74 Å². The largest absolute Gasteiger partial charge is 0.487 e. The molecule has 0 spiro atoms. The van der Waals surface area contributed by atoms with E-state index >= 15 is 0 Å². The number of thioether (sulfide) groups is 1. The molecule has 200 valence electrons. The highest BCUT2D eigenvalue weighted by Gasteiger charge is 2.28. The Balaban J connectivity index is 1.40. The predicted octanol–water partition coefficient (Wildman–Crippen LogP) is 6.89. The number of fused-ring (bicyclic) bond motifs is 3. The Hall–Kier alpha value is -3.56. The Kier molecular flexibility index (Phi) is 8.38. The highest BCUT2D eigenvalue weighted by molar-refractivity contribution is 7.99. The molecule has 0 bridgehead atoms. The van der Waals surface area contributed by atoms with Crippen LogP contribution in [0.4, 0.5) is 4.39 Å². The number of aryl methyl sites for hydroxylation is 2. The van der Waals surface area contributed by atoms with E-state index in [1.165, 1.54) is 17.7 Å². The van der Waals surface area contributed by atoms with Crippen molar-refractivity contribution in [3.63, 3.8) is 0 Å². The zero-order chi connectivity index (χ0) is 27.4. The summed E-state index contributed by atoms with van der Waals surface area (Å²) in [6, 6.07) is 15.6. The molecule has 0 saturated carbocycles. The number of aromatic nitrogens is 2. The predicted molar refractivity (Wildman–Crippen MR) is 149 cm³/mol. The van der Waals surface area contributed by atoms with E-state index in [1.807, 2.05) is 18.2 Å². The van der Waals surface area contributed by atoms with Crippen molar-refractivity contribution in [1.29, 1.82) is 5.53 Å². The lowest BCUT2D eigenvalue weighted by molar-refractivity contribution is -0.144. The van der Waals surface area contributed by atoms with Crippen molar-refractivity contribution in [2.45, 2.75) is 37.7 Å². The van der Waals surface area contributed by atoms with Crippen LogP contribution in [0.2, 0.25) is 5.02 Å². The third-order valence-electron chi connectivity index (χ3n) is 6.55. The molecule has 2 aromatic carbocycles. The number of pyridine rings is 2. The quantitative estimate of drug-likeness (QED) is 0.176. The van der Waals surface area contributed by atoms with Gasteiger partial charge in [-0.3, -0.25) is 4.98 Å². The second-order valence-electron chi connectivity index (χ2n) is 9.06. The van der Waals surface area contributed by atoms with E-state index in [2.05, 4.69) is 27.2 Å². The molecule has 1 aliphatic rings. The number of nitrogens with one attached hydrogen (secondary N) is 1. The molecule has 0 saturated heterocycles. The van der Waals surface area contributed by atoms with Crippen LogP contribution in [0.1, 0.15) is 40.3 Å². The van der Waals surface area contributed by atoms with Crippen molar-refractivity contribution in [3.05, 3.63) is 99.7 Å². The lowest BCUT2D eigenvalue weighted by Crippen LogP contribution is -2.24. The molecule has 0 fully saturated rings. The molecule has 2 atom stereocenters. The standard InChI is InChI=1S/C29H26ClFN4O3S/c1-2-37-29(36)27(35-32)16-39-28-21-4-3-11-33-25(21)10-7-17-6-9-20(13-22(17)28)38-15-19-8-5-18-12-24(31)23(30)14-26(18)34-19/h3-6,8-9,11-14,27-28,32H,2,7,10,15-16H2,1H3. The van der Waals surface area contributed by atoms with Crippen molar-refractivity contribution >= 4 is 40.2 Å². The average Bonchev–Trinajstić information content (AvgIpc) is 3.09. The Bertz CT molecular complexity index is 1540. The van der Waals surface area contributed by atoms with E-state index in [4.69, 9.17) is 26.6 Å². The first-order valence-electron chi connectivity index (χ1n) is 12.6. The molecule has 2 unspecified atom stereocenters. The minimum Gasteiger partial charge on any atom is -0.487 e. The summed E-state index contributed by atoms with van der Waals surface area (Å²) in [7, 11) is 0. The molecule has 10 heteroatoms. The third kappa shape index (κ3) is 6.04. The van der Waals surface area contributed by atoms with Gasteiger partial charge in [-0.25, -0.2) is 19.7 Å². The fraction of sp³-hybridized carbons (Fsp3) is 0.276. The normalized spacial score (nSPS) is 15.1. The maximum absolute atomic E-state index is 13.8. The van der Waals surface area contributed by atoms with Crippen LogP contribution in [0.5, 0.6) is 5.75 Å². The number of carbonyl (C=O) groups excluding carboxylic acids is 1. The van der Waals surface area contributed by atoms with Gasteiger partial charge in [-0.1, -0.05) is 29.8 Å². The van der Waals surface area contributed by atoms with Crippen LogP contribution in [0, 0.1) is 11.3 Å². The molecule has 0 amide bonds. The van der Waals surface area contributed by atoms with Gasteiger partial charge in [0.25, 0.3) is 0 Å². The number of halogens is 2. The minimum absolute atomic E-state index is 0.0283. The van der Waals surface area contributed by atoms with Crippen LogP contribution in [0.15, 0.2) is 65.9 Å². The zero-order valence-corrected chi connectivity index (χ0v) is 22.8. The molecule has 1 aliphatic carbocycles. The van der Waals surface area contributed by atoms with Gasteiger partial charge in [0.05, 0.1) is 28.1 Å². The Morgan fingerprint density at radius 3 is 2.90 bits per heavy atom. The number of hydrogen-bond donors (Lipinski definition) is 1. The maximum Gasteiger partial charge on any atom is 0.333 e. The molecule has 2 heterocycles. The van der Waals surface area contributed by atoms with E-state index in [0.717, 1.165) is 29.7 Å². The van der Waals surface area contributed by atoms with E-state index in [9.17, 15) is 9.18 Å². The second-order valence-corrected chi connectivity index (χ2v) is 10.6. The summed E-state index contributed by atoms with van der Waals surface area (Å²) in [6.07, 6.45) is 3.42. The number of esters is 1. The summed E-state index contributed by atoms with van der Waals surface area (Å²) in [5, 5.41) is 4.09. The monoisotopic (exact) mass is 564 g/mol. The van der Waals surface area contributed by atoms with Crippen LogP contribution >= 0.6 is 23.4 Å². The molecule has 0 aliphatic heterocycles.